The van der Waals surface area contributed by atoms with Crippen LogP contribution in [-0.4, -0.2) is 65.9 Å². The molecule has 0 aliphatic carbocycles. The van der Waals surface area contributed by atoms with E-state index in [1.807, 2.05) is 42.2 Å². The van der Waals surface area contributed by atoms with Gasteiger partial charge in [-0.2, -0.15) is 0 Å². The van der Waals surface area contributed by atoms with Crippen LogP contribution in [0.4, 0.5) is 5.69 Å². The average molecular weight is 441 g/mol. The molecular weight excluding hydrogens is 416 g/mol. The van der Waals surface area contributed by atoms with Crippen LogP contribution >= 0.6 is 11.6 Å². The summed E-state index contributed by atoms with van der Waals surface area (Å²) in [7, 11) is 1.55. The van der Waals surface area contributed by atoms with Gasteiger partial charge in [-0.05, 0) is 37.3 Å². The van der Waals surface area contributed by atoms with Crippen molar-refractivity contribution in [2.75, 3.05) is 38.6 Å². The molecule has 4 rings (SSSR count). The number of nitrogens with one attached hydrogen (secondary N) is 2. The molecule has 1 atom stereocenters. The fourth-order valence-electron chi connectivity index (χ4n) is 3.85. The monoisotopic (exact) mass is 440 g/mol. The first-order valence-electron chi connectivity index (χ1n) is 10.2. The van der Waals surface area contributed by atoms with Crippen LogP contribution < -0.4 is 10.1 Å². The summed E-state index contributed by atoms with van der Waals surface area (Å²) in [6, 6.07) is 14.5. The Balaban J connectivity index is 1.36. The quantitative estimate of drug-likeness (QED) is 0.635. The first-order chi connectivity index (χ1) is 15.0. The zero-order valence-electron chi connectivity index (χ0n) is 17.5. The summed E-state index contributed by atoms with van der Waals surface area (Å²) in [6.45, 7) is 4.22. The average Bonchev–Trinajstić information content (AvgIpc) is 3.22. The lowest BCUT2D eigenvalue weighted by atomic mass is 10.2. The smallest absolute Gasteiger partial charge is 0.270 e. The van der Waals surface area contributed by atoms with Crippen LogP contribution in [0.25, 0.3) is 10.9 Å². The zero-order chi connectivity index (χ0) is 22.0. The number of carbonyl (C=O) groups is 2. The normalized spacial score (nSPS) is 15.6. The van der Waals surface area contributed by atoms with Crippen molar-refractivity contribution < 1.29 is 14.3 Å². The van der Waals surface area contributed by atoms with Gasteiger partial charge in [-0.1, -0.05) is 29.8 Å². The number of methoxy groups -OCH3 is 1. The number of aromatic nitrogens is 1. The molecule has 1 aliphatic rings. The maximum atomic E-state index is 12.9. The van der Waals surface area contributed by atoms with Crippen LogP contribution in [0.3, 0.4) is 0 Å². The Bertz CT molecular complexity index is 1070. The van der Waals surface area contributed by atoms with E-state index in [4.69, 9.17) is 16.3 Å². The summed E-state index contributed by atoms with van der Waals surface area (Å²) < 4.78 is 5.30. The molecule has 0 saturated carbocycles. The molecule has 1 aromatic heterocycles. The van der Waals surface area contributed by atoms with Gasteiger partial charge in [0.25, 0.3) is 5.91 Å². The van der Waals surface area contributed by atoms with Crippen molar-refractivity contribution in [1.29, 1.82) is 0 Å². The molecule has 8 heteroatoms. The van der Waals surface area contributed by atoms with E-state index >= 15 is 0 Å². The van der Waals surface area contributed by atoms with Crippen LogP contribution in [0.2, 0.25) is 5.02 Å². The van der Waals surface area contributed by atoms with E-state index in [0.717, 1.165) is 10.9 Å². The van der Waals surface area contributed by atoms with Gasteiger partial charge in [-0.15, -0.1) is 0 Å². The molecule has 1 unspecified atom stereocenters. The molecule has 162 valence electrons. The number of hydrogen-bond acceptors (Lipinski definition) is 4. The molecule has 7 nitrogen and oxygen atoms in total. The number of H-pyrrole nitrogens is 1. The number of piperazine rings is 1. The first kappa shape index (κ1) is 21.2. The van der Waals surface area contributed by atoms with Gasteiger partial charge in [-0.25, -0.2) is 0 Å². The number of para-hydroxylation sites is 1. The topological polar surface area (TPSA) is 77.7 Å². The molecule has 2 N–H and O–H groups in total. The van der Waals surface area contributed by atoms with Gasteiger partial charge in [0.2, 0.25) is 5.91 Å². The minimum atomic E-state index is -0.353. The fourth-order valence-corrected chi connectivity index (χ4v) is 4.02. The predicted octanol–water partition coefficient (Wildman–Crippen LogP) is 3.61. The van der Waals surface area contributed by atoms with E-state index in [1.165, 1.54) is 0 Å². The molecule has 2 heterocycles. The molecule has 0 spiro atoms. The van der Waals surface area contributed by atoms with Crippen molar-refractivity contribution in [3.05, 3.63) is 59.2 Å². The Morgan fingerprint density at radius 3 is 2.55 bits per heavy atom. The number of rotatable bonds is 5. The van der Waals surface area contributed by atoms with Crippen molar-refractivity contribution in [3.63, 3.8) is 0 Å². The van der Waals surface area contributed by atoms with Crippen molar-refractivity contribution >= 4 is 40.0 Å². The summed E-state index contributed by atoms with van der Waals surface area (Å²) in [5.41, 5.74) is 2.08. The number of anilines is 1. The van der Waals surface area contributed by atoms with Gasteiger partial charge in [0.15, 0.2) is 0 Å². The molecule has 1 saturated heterocycles. The second-order valence-electron chi connectivity index (χ2n) is 7.61. The highest BCUT2D eigenvalue weighted by Crippen LogP contribution is 2.28. The predicted molar refractivity (Wildman–Crippen MR) is 122 cm³/mol. The van der Waals surface area contributed by atoms with Crippen LogP contribution in [0, 0.1) is 0 Å². The molecule has 0 radical (unpaired) electrons. The van der Waals surface area contributed by atoms with Crippen LogP contribution in [0.1, 0.15) is 17.4 Å². The van der Waals surface area contributed by atoms with Crippen molar-refractivity contribution in [1.82, 2.24) is 14.8 Å². The second-order valence-corrected chi connectivity index (χ2v) is 8.04. The molecule has 1 fully saturated rings. The SMILES string of the molecule is COc1ccc(Cl)cc1NC(=O)C(C)N1CCN(C(=O)c2cc3ccccc3[nH]2)CC1. The minimum absolute atomic E-state index is 0.0170. The van der Waals surface area contributed by atoms with Crippen molar-refractivity contribution in [3.8, 4) is 5.75 Å². The lowest BCUT2D eigenvalue weighted by molar-refractivity contribution is -0.121. The lowest BCUT2D eigenvalue weighted by Gasteiger charge is -2.37. The van der Waals surface area contributed by atoms with Gasteiger partial charge in [-0.3, -0.25) is 14.5 Å². The van der Waals surface area contributed by atoms with Gasteiger partial charge in [0, 0.05) is 42.1 Å². The third-order valence-corrected chi connectivity index (χ3v) is 5.94. The van der Waals surface area contributed by atoms with Gasteiger partial charge in [0.05, 0.1) is 18.8 Å². The largest absolute Gasteiger partial charge is 0.495 e. The lowest BCUT2D eigenvalue weighted by Crippen LogP contribution is -2.54. The van der Waals surface area contributed by atoms with Crippen LogP contribution in [0.15, 0.2) is 48.5 Å². The fraction of sp³-hybridized carbons (Fsp3) is 0.304. The molecule has 1 aliphatic heterocycles. The summed E-state index contributed by atoms with van der Waals surface area (Å²) >= 11 is 6.05. The Hall–Kier alpha value is -3.03. The molecule has 3 aromatic rings. The third-order valence-electron chi connectivity index (χ3n) is 5.71. The highest BCUT2D eigenvalue weighted by Gasteiger charge is 2.28. The summed E-state index contributed by atoms with van der Waals surface area (Å²) in [4.78, 5) is 32.8. The Kier molecular flexibility index (Phi) is 6.15. The Morgan fingerprint density at radius 1 is 1.10 bits per heavy atom. The highest BCUT2D eigenvalue weighted by molar-refractivity contribution is 6.31. The number of halogens is 1. The molecule has 2 aromatic carbocycles. The molecular formula is C23H25ClN4O3. The van der Waals surface area contributed by atoms with Gasteiger partial charge < -0.3 is 19.9 Å². The van der Waals surface area contributed by atoms with Crippen LogP contribution in [0.5, 0.6) is 5.75 Å². The maximum absolute atomic E-state index is 12.9. The summed E-state index contributed by atoms with van der Waals surface area (Å²) in [5.74, 6) is 0.395. The number of nitrogens with zero attached hydrogens (tertiary/aromatic N) is 2. The van der Waals surface area contributed by atoms with Crippen molar-refractivity contribution in [2.45, 2.75) is 13.0 Å². The number of aromatic amines is 1. The van der Waals surface area contributed by atoms with Crippen LogP contribution in [-0.2, 0) is 4.79 Å². The summed E-state index contributed by atoms with van der Waals surface area (Å²) in [6.07, 6.45) is 0. The standard InChI is InChI=1S/C23H25ClN4O3/c1-15(22(29)26-19-14-17(24)7-8-21(19)31-2)27-9-11-28(12-10-27)23(30)20-13-16-5-3-4-6-18(16)25-20/h3-8,13-15,25H,9-12H2,1-2H3,(H,26,29). The number of benzene rings is 2. The second kappa shape index (κ2) is 8.99. The number of amides is 2. The number of ether oxygens (including phenoxy) is 1. The Morgan fingerprint density at radius 2 is 1.84 bits per heavy atom. The van der Waals surface area contributed by atoms with E-state index in [1.54, 1.807) is 25.3 Å². The third kappa shape index (κ3) is 4.52. The van der Waals surface area contributed by atoms with E-state index in [-0.39, 0.29) is 17.9 Å². The molecule has 0 bridgehead atoms. The van der Waals surface area contributed by atoms with Crippen molar-refractivity contribution in [2.24, 2.45) is 0 Å². The Labute approximate surface area is 185 Å². The molecule has 31 heavy (non-hydrogen) atoms. The zero-order valence-corrected chi connectivity index (χ0v) is 18.3. The number of fused-ring (bicyclic) bond motifs is 1. The van der Waals surface area contributed by atoms with Gasteiger partial charge >= 0.3 is 0 Å². The van der Waals surface area contributed by atoms with E-state index in [9.17, 15) is 9.59 Å². The minimum Gasteiger partial charge on any atom is -0.495 e. The summed E-state index contributed by atoms with van der Waals surface area (Å²) in [5, 5.41) is 4.44. The maximum Gasteiger partial charge on any atom is 0.270 e. The highest BCUT2D eigenvalue weighted by atomic mass is 35.5. The molecule has 2 amide bonds. The number of carbonyl (C=O) groups excluding carboxylic acids is 2. The van der Waals surface area contributed by atoms with Gasteiger partial charge in [0.1, 0.15) is 11.4 Å². The van der Waals surface area contributed by atoms with E-state index in [0.29, 0.717) is 48.3 Å². The van der Waals surface area contributed by atoms with E-state index in [2.05, 4.69) is 15.2 Å². The first-order valence-corrected chi connectivity index (χ1v) is 10.6. The van der Waals surface area contributed by atoms with E-state index < -0.39 is 0 Å². The number of hydrogen-bond donors (Lipinski definition) is 2.